The maximum Gasteiger partial charge on any atom is 0.124 e. The summed E-state index contributed by atoms with van der Waals surface area (Å²) in [5.74, 6) is 0.387. The summed E-state index contributed by atoms with van der Waals surface area (Å²) in [6.45, 7) is 5.09. The molecule has 0 bridgehead atoms. The standard InChI is InChI=1S/C15H20FN3S/c1-10(17)11-3-2-6-19(8-11)9-15-18-13-5-4-12(16)7-14(13)20-15/h4-5,7,10-11H,2-3,6,8-9,17H2,1H3. The highest BCUT2D eigenvalue weighted by atomic mass is 32.1. The fourth-order valence-corrected chi connectivity index (χ4v) is 3.90. The third-order valence-corrected chi connectivity index (χ3v) is 5.04. The fraction of sp³-hybridized carbons (Fsp3) is 0.533. The van der Waals surface area contributed by atoms with Gasteiger partial charge in [0.1, 0.15) is 10.8 Å². The Bertz CT molecular complexity index is 596. The second kappa shape index (κ2) is 5.76. The summed E-state index contributed by atoms with van der Waals surface area (Å²) in [6.07, 6.45) is 2.42. The Hall–Kier alpha value is -1.04. The van der Waals surface area contributed by atoms with Crippen LogP contribution in [-0.4, -0.2) is 29.0 Å². The number of thiazole rings is 1. The molecular weight excluding hydrogens is 273 g/mol. The van der Waals surface area contributed by atoms with Gasteiger partial charge in [-0.05, 0) is 50.4 Å². The molecule has 20 heavy (non-hydrogen) atoms. The molecule has 0 aliphatic carbocycles. The Morgan fingerprint density at radius 1 is 1.55 bits per heavy atom. The van der Waals surface area contributed by atoms with Crippen molar-refractivity contribution in [2.75, 3.05) is 13.1 Å². The first-order chi connectivity index (χ1) is 9.61. The van der Waals surface area contributed by atoms with E-state index in [2.05, 4.69) is 16.8 Å². The Balaban J connectivity index is 1.72. The quantitative estimate of drug-likeness (QED) is 0.946. The lowest BCUT2D eigenvalue weighted by Gasteiger charge is -2.34. The molecule has 0 spiro atoms. The minimum atomic E-state index is -0.192. The fourth-order valence-electron chi connectivity index (χ4n) is 2.87. The van der Waals surface area contributed by atoms with Gasteiger partial charge in [0, 0.05) is 12.6 Å². The highest BCUT2D eigenvalue weighted by molar-refractivity contribution is 7.18. The Labute approximate surface area is 122 Å². The van der Waals surface area contributed by atoms with E-state index in [0.29, 0.717) is 5.92 Å². The second-order valence-electron chi connectivity index (χ2n) is 5.72. The van der Waals surface area contributed by atoms with Crippen molar-refractivity contribution in [1.29, 1.82) is 0 Å². The van der Waals surface area contributed by atoms with Crippen LogP contribution in [0, 0.1) is 11.7 Å². The Morgan fingerprint density at radius 2 is 2.40 bits per heavy atom. The summed E-state index contributed by atoms with van der Waals surface area (Å²) in [7, 11) is 0. The van der Waals surface area contributed by atoms with E-state index >= 15 is 0 Å². The molecule has 0 radical (unpaired) electrons. The van der Waals surface area contributed by atoms with Crippen LogP contribution in [0.3, 0.4) is 0 Å². The molecule has 1 aliphatic heterocycles. The average Bonchev–Trinajstić information content (AvgIpc) is 2.80. The van der Waals surface area contributed by atoms with Crippen LogP contribution in [0.4, 0.5) is 4.39 Å². The van der Waals surface area contributed by atoms with Gasteiger partial charge in [-0.3, -0.25) is 4.90 Å². The number of hydrogen-bond acceptors (Lipinski definition) is 4. The molecule has 0 saturated carbocycles. The van der Waals surface area contributed by atoms with Crippen molar-refractivity contribution in [2.45, 2.75) is 32.4 Å². The Kier molecular flexibility index (Phi) is 4.01. The highest BCUT2D eigenvalue weighted by Gasteiger charge is 2.23. The van der Waals surface area contributed by atoms with Crippen LogP contribution in [0.1, 0.15) is 24.8 Å². The second-order valence-corrected chi connectivity index (χ2v) is 6.83. The van der Waals surface area contributed by atoms with Crippen molar-refractivity contribution < 1.29 is 4.39 Å². The number of rotatable bonds is 3. The average molecular weight is 293 g/mol. The van der Waals surface area contributed by atoms with E-state index in [9.17, 15) is 4.39 Å². The summed E-state index contributed by atoms with van der Waals surface area (Å²) in [5, 5.41) is 1.07. The highest BCUT2D eigenvalue weighted by Crippen LogP contribution is 2.26. The van der Waals surface area contributed by atoms with E-state index in [4.69, 9.17) is 5.73 Å². The minimum Gasteiger partial charge on any atom is -0.328 e. The van der Waals surface area contributed by atoms with Crippen molar-refractivity contribution >= 4 is 21.6 Å². The zero-order chi connectivity index (χ0) is 14.1. The number of halogens is 1. The van der Waals surface area contributed by atoms with E-state index in [-0.39, 0.29) is 11.9 Å². The van der Waals surface area contributed by atoms with E-state index in [1.165, 1.54) is 18.9 Å². The van der Waals surface area contributed by atoms with Gasteiger partial charge in [0.15, 0.2) is 0 Å². The maximum atomic E-state index is 13.2. The molecule has 3 rings (SSSR count). The number of benzene rings is 1. The number of hydrogen-bond donors (Lipinski definition) is 1. The molecule has 1 aliphatic rings. The van der Waals surface area contributed by atoms with Gasteiger partial charge in [-0.15, -0.1) is 11.3 Å². The lowest BCUT2D eigenvalue weighted by atomic mass is 9.92. The van der Waals surface area contributed by atoms with Crippen molar-refractivity contribution in [3.05, 3.63) is 29.0 Å². The topological polar surface area (TPSA) is 42.1 Å². The number of aromatic nitrogens is 1. The monoisotopic (exact) mass is 293 g/mol. The minimum absolute atomic E-state index is 0.192. The molecule has 108 valence electrons. The third kappa shape index (κ3) is 3.00. The Morgan fingerprint density at radius 3 is 3.20 bits per heavy atom. The molecule has 1 aromatic carbocycles. The van der Waals surface area contributed by atoms with E-state index < -0.39 is 0 Å². The van der Waals surface area contributed by atoms with Crippen LogP contribution >= 0.6 is 11.3 Å². The van der Waals surface area contributed by atoms with Gasteiger partial charge in [-0.1, -0.05) is 0 Å². The zero-order valence-electron chi connectivity index (χ0n) is 11.7. The van der Waals surface area contributed by atoms with Crippen molar-refractivity contribution in [2.24, 2.45) is 11.7 Å². The van der Waals surface area contributed by atoms with Crippen molar-refractivity contribution in [3.8, 4) is 0 Å². The number of nitrogens with two attached hydrogens (primary N) is 1. The lowest BCUT2D eigenvalue weighted by molar-refractivity contribution is 0.154. The molecule has 2 atom stereocenters. The van der Waals surface area contributed by atoms with Gasteiger partial charge in [-0.25, -0.2) is 9.37 Å². The predicted octanol–water partition coefficient (Wildman–Crippen LogP) is 2.99. The summed E-state index contributed by atoms with van der Waals surface area (Å²) in [4.78, 5) is 7.02. The summed E-state index contributed by atoms with van der Waals surface area (Å²) in [5.41, 5.74) is 6.91. The first kappa shape index (κ1) is 13.9. The molecule has 5 heteroatoms. The summed E-state index contributed by atoms with van der Waals surface area (Å²) < 4.78 is 14.1. The van der Waals surface area contributed by atoms with E-state index in [0.717, 1.165) is 34.9 Å². The number of fused-ring (bicyclic) bond motifs is 1. The first-order valence-corrected chi connectivity index (χ1v) is 7.96. The number of piperidine rings is 1. The number of nitrogens with zero attached hydrogens (tertiary/aromatic N) is 2. The maximum absolute atomic E-state index is 13.2. The van der Waals surface area contributed by atoms with Crippen LogP contribution in [-0.2, 0) is 6.54 Å². The largest absolute Gasteiger partial charge is 0.328 e. The summed E-state index contributed by atoms with van der Waals surface area (Å²) >= 11 is 1.59. The summed E-state index contributed by atoms with van der Waals surface area (Å²) in [6, 6.07) is 5.05. The normalized spacial score (nSPS) is 22.2. The molecule has 2 heterocycles. The number of likely N-dealkylation sites (tertiary alicyclic amines) is 1. The van der Waals surface area contributed by atoms with Gasteiger partial charge in [0.05, 0.1) is 16.8 Å². The van der Waals surface area contributed by atoms with E-state index in [1.807, 2.05) is 0 Å². The van der Waals surface area contributed by atoms with E-state index in [1.54, 1.807) is 23.5 Å². The molecule has 2 unspecified atom stereocenters. The van der Waals surface area contributed by atoms with Crippen molar-refractivity contribution in [3.63, 3.8) is 0 Å². The van der Waals surface area contributed by atoms with Gasteiger partial charge in [-0.2, -0.15) is 0 Å². The molecular formula is C15H20FN3S. The van der Waals surface area contributed by atoms with Crippen LogP contribution in [0.2, 0.25) is 0 Å². The first-order valence-electron chi connectivity index (χ1n) is 7.15. The SMILES string of the molecule is CC(N)C1CCCN(Cc2nc3ccc(F)cc3s2)C1. The van der Waals surface area contributed by atoms with Gasteiger partial charge < -0.3 is 5.73 Å². The predicted molar refractivity (Wildman–Crippen MR) is 81.2 cm³/mol. The van der Waals surface area contributed by atoms with Crippen LogP contribution in [0.15, 0.2) is 18.2 Å². The van der Waals surface area contributed by atoms with Gasteiger partial charge in [0.2, 0.25) is 0 Å². The molecule has 1 saturated heterocycles. The molecule has 2 N–H and O–H groups in total. The molecule has 1 fully saturated rings. The van der Waals surface area contributed by atoms with Gasteiger partial charge in [0.25, 0.3) is 0 Å². The molecule has 3 nitrogen and oxygen atoms in total. The van der Waals surface area contributed by atoms with Crippen LogP contribution < -0.4 is 5.73 Å². The smallest absolute Gasteiger partial charge is 0.124 e. The van der Waals surface area contributed by atoms with Crippen molar-refractivity contribution in [1.82, 2.24) is 9.88 Å². The lowest BCUT2D eigenvalue weighted by Crippen LogP contribution is -2.41. The molecule has 2 aromatic rings. The third-order valence-electron chi connectivity index (χ3n) is 4.04. The van der Waals surface area contributed by atoms with Crippen LogP contribution in [0.5, 0.6) is 0 Å². The van der Waals surface area contributed by atoms with Gasteiger partial charge >= 0.3 is 0 Å². The molecule has 1 aromatic heterocycles. The molecule has 0 amide bonds. The zero-order valence-corrected chi connectivity index (χ0v) is 12.5. The van der Waals surface area contributed by atoms with Crippen LogP contribution in [0.25, 0.3) is 10.2 Å².